The first-order valence-corrected chi connectivity index (χ1v) is 8.48. The van der Waals surface area contributed by atoms with Crippen LogP contribution in [0.2, 0.25) is 0 Å². The summed E-state index contributed by atoms with van der Waals surface area (Å²) in [7, 11) is -3.56. The number of hydrogen-bond donors (Lipinski definition) is 2. The van der Waals surface area contributed by atoms with Gasteiger partial charge in [-0.25, -0.2) is 18.1 Å². The largest absolute Gasteiger partial charge is 0.326 e. The summed E-state index contributed by atoms with van der Waals surface area (Å²) >= 11 is 1.42. The second kappa shape index (κ2) is 6.01. The third-order valence-corrected chi connectivity index (χ3v) is 5.41. The maximum absolute atomic E-state index is 12.4. The number of rotatable bonds is 5. The molecule has 3 N–H and O–H groups in total. The molecule has 2 aromatic rings. The molecular weight excluding hydrogens is 294 g/mol. The zero-order valence-corrected chi connectivity index (χ0v) is 13.0. The van der Waals surface area contributed by atoms with Gasteiger partial charge < -0.3 is 5.73 Å². The van der Waals surface area contributed by atoms with Crippen molar-refractivity contribution in [1.29, 1.82) is 0 Å². The Bertz CT molecular complexity index is 695. The highest BCUT2D eigenvalue weighted by Crippen LogP contribution is 2.21. The summed E-state index contributed by atoms with van der Waals surface area (Å²) in [6.45, 7) is 4.20. The lowest BCUT2D eigenvalue weighted by Gasteiger charge is -2.12. The predicted molar refractivity (Wildman–Crippen MR) is 79.9 cm³/mol. The Morgan fingerprint density at radius 1 is 1.35 bits per heavy atom. The molecule has 1 heterocycles. The number of benzene rings is 1. The van der Waals surface area contributed by atoms with Gasteiger partial charge in [-0.1, -0.05) is 6.07 Å². The Morgan fingerprint density at radius 3 is 2.70 bits per heavy atom. The number of sulfonamides is 1. The van der Waals surface area contributed by atoms with E-state index in [1.807, 2.05) is 18.4 Å². The second-order valence-electron chi connectivity index (χ2n) is 4.49. The van der Waals surface area contributed by atoms with Crippen molar-refractivity contribution >= 4 is 21.4 Å². The molecule has 1 aromatic heterocycles. The number of thiazole rings is 1. The second-order valence-corrected chi connectivity index (χ2v) is 7.20. The number of nitrogens with two attached hydrogens (primary N) is 1. The molecule has 0 saturated heterocycles. The van der Waals surface area contributed by atoms with E-state index in [1.165, 1.54) is 11.3 Å². The smallest absolute Gasteiger partial charge is 0.241 e. The predicted octanol–water partition coefficient (Wildman–Crippen LogP) is 1.70. The van der Waals surface area contributed by atoms with Crippen LogP contribution in [-0.4, -0.2) is 13.4 Å². The minimum Gasteiger partial charge on any atom is -0.326 e. The Morgan fingerprint density at radius 2 is 2.10 bits per heavy atom. The molecule has 0 bridgehead atoms. The third kappa shape index (κ3) is 3.24. The zero-order valence-electron chi connectivity index (χ0n) is 11.4. The summed E-state index contributed by atoms with van der Waals surface area (Å²) in [4.78, 5) is 4.34. The van der Waals surface area contributed by atoms with Gasteiger partial charge in [0.05, 0.1) is 11.4 Å². The Kier molecular flexibility index (Phi) is 4.54. The van der Waals surface area contributed by atoms with Crippen LogP contribution in [-0.2, 0) is 23.1 Å². The van der Waals surface area contributed by atoms with E-state index >= 15 is 0 Å². The fraction of sp³-hybridized carbons (Fsp3) is 0.308. The standard InChI is InChI=1S/C13H17N3O2S2/c1-9-5-11(7-14)6-12(10(9)2)20(17,18)16-8-13-15-3-4-19-13/h3-6,16H,7-8,14H2,1-2H3. The van der Waals surface area contributed by atoms with Crippen molar-refractivity contribution in [2.75, 3.05) is 0 Å². The van der Waals surface area contributed by atoms with E-state index in [2.05, 4.69) is 9.71 Å². The van der Waals surface area contributed by atoms with Gasteiger partial charge in [0.2, 0.25) is 10.0 Å². The number of aromatic nitrogens is 1. The van der Waals surface area contributed by atoms with E-state index in [1.54, 1.807) is 19.2 Å². The Balaban J connectivity index is 2.31. The molecule has 0 radical (unpaired) electrons. The van der Waals surface area contributed by atoms with Crippen LogP contribution in [0.1, 0.15) is 21.7 Å². The van der Waals surface area contributed by atoms with Crippen LogP contribution in [0.4, 0.5) is 0 Å². The van der Waals surface area contributed by atoms with Gasteiger partial charge in [-0.3, -0.25) is 0 Å². The number of aryl methyl sites for hydroxylation is 1. The summed E-state index contributed by atoms with van der Waals surface area (Å²) in [6, 6.07) is 3.54. The zero-order chi connectivity index (χ0) is 14.8. The highest BCUT2D eigenvalue weighted by molar-refractivity contribution is 7.89. The van der Waals surface area contributed by atoms with Gasteiger partial charge in [-0.05, 0) is 36.6 Å². The normalized spacial score (nSPS) is 11.8. The molecule has 0 aliphatic heterocycles. The van der Waals surface area contributed by atoms with Gasteiger partial charge in [-0.15, -0.1) is 11.3 Å². The minimum atomic E-state index is -3.56. The summed E-state index contributed by atoms with van der Waals surface area (Å²) in [5, 5.41) is 2.55. The van der Waals surface area contributed by atoms with Gasteiger partial charge in [0, 0.05) is 18.1 Å². The molecule has 0 aliphatic carbocycles. The molecular formula is C13H17N3O2S2. The van der Waals surface area contributed by atoms with E-state index in [0.717, 1.165) is 21.7 Å². The van der Waals surface area contributed by atoms with Gasteiger partial charge in [0.1, 0.15) is 5.01 Å². The Labute approximate surface area is 122 Å². The molecule has 0 unspecified atom stereocenters. The van der Waals surface area contributed by atoms with Crippen LogP contribution in [0.3, 0.4) is 0 Å². The molecule has 1 aromatic carbocycles. The lowest BCUT2D eigenvalue weighted by molar-refractivity contribution is 0.580. The quantitative estimate of drug-likeness (QED) is 0.880. The maximum Gasteiger partial charge on any atom is 0.241 e. The number of nitrogens with one attached hydrogen (secondary N) is 1. The molecule has 20 heavy (non-hydrogen) atoms. The SMILES string of the molecule is Cc1cc(CN)cc(S(=O)(=O)NCc2nccs2)c1C. The van der Waals surface area contributed by atoms with Gasteiger partial charge >= 0.3 is 0 Å². The fourth-order valence-electron chi connectivity index (χ4n) is 1.87. The fourth-order valence-corrected chi connectivity index (χ4v) is 3.87. The molecule has 2 rings (SSSR count). The Hall–Kier alpha value is -1.28. The van der Waals surface area contributed by atoms with E-state index in [4.69, 9.17) is 5.73 Å². The lowest BCUT2D eigenvalue weighted by Crippen LogP contribution is -2.24. The lowest BCUT2D eigenvalue weighted by atomic mass is 10.1. The monoisotopic (exact) mass is 311 g/mol. The van der Waals surface area contributed by atoms with E-state index in [0.29, 0.717) is 6.54 Å². The van der Waals surface area contributed by atoms with Crippen LogP contribution < -0.4 is 10.5 Å². The van der Waals surface area contributed by atoms with Crippen LogP contribution >= 0.6 is 11.3 Å². The third-order valence-electron chi connectivity index (χ3n) is 3.10. The molecule has 0 spiro atoms. The molecule has 108 valence electrons. The average molecular weight is 311 g/mol. The van der Waals surface area contributed by atoms with Crippen molar-refractivity contribution in [2.45, 2.75) is 31.8 Å². The van der Waals surface area contributed by atoms with Crippen molar-refractivity contribution < 1.29 is 8.42 Å². The van der Waals surface area contributed by atoms with Gasteiger partial charge in [0.15, 0.2) is 0 Å². The minimum absolute atomic E-state index is 0.200. The number of hydrogen-bond acceptors (Lipinski definition) is 5. The summed E-state index contributed by atoms with van der Waals surface area (Å²) in [5.41, 5.74) is 8.08. The molecule has 0 aliphatic rings. The van der Waals surface area contributed by atoms with E-state index in [9.17, 15) is 8.42 Å². The summed E-state index contributed by atoms with van der Waals surface area (Å²) in [5.74, 6) is 0. The average Bonchev–Trinajstić information content (AvgIpc) is 2.92. The first-order valence-electron chi connectivity index (χ1n) is 6.12. The first kappa shape index (κ1) is 15.1. The maximum atomic E-state index is 12.4. The van der Waals surface area contributed by atoms with Crippen LogP contribution in [0.15, 0.2) is 28.6 Å². The van der Waals surface area contributed by atoms with Crippen molar-refractivity contribution in [1.82, 2.24) is 9.71 Å². The molecule has 0 atom stereocenters. The topological polar surface area (TPSA) is 85.1 Å². The number of nitrogens with zero attached hydrogens (tertiary/aromatic N) is 1. The summed E-state index contributed by atoms with van der Waals surface area (Å²) in [6.07, 6.45) is 1.65. The van der Waals surface area contributed by atoms with Crippen LogP contribution in [0.25, 0.3) is 0 Å². The first-order chi connectivity index (χ1) is 9.44. The van der Waals surface area contributed by atoms with Crippen LogP contribution in [0.5, 0.6) is 0 Å². The summed E-state index contributed by atoms with van der Waals surface area (Å²) < 4.78 is 27.4. The van der Waals surface area contributed by atoms with Crippen molar-refractivity contribution in [3.8, 4) is 0 Å². The highest BCUT2D eigenvalue weighted by Gasteiger charge is 2.19. The van der Waals surface area contributed by atoms with Crippen molar-refractivity contribution in [2.24, 2.45) is 5.73 Å². The molecule has 7 heteroatoms. The molecule has 0 amide bonds. The van der Waals surface area contributed by atoms with Crippen molar-refractivity contribution in [3.63, 3.8) is 0 Å². The van der Waals surface area contributed by atoms with Gasteiger partial charge in [-0.2, -0.15) is 0 Å². The molecule has 0 fully saturated rings. The van der Waals surface area contributed by atoms with Gasteiger partial charge in [0.25, 0.3) is 0 Å². The van der Waals surface area contributed by atoms with E-state index in [-0.39, 0.29) is 11.4 Å². The van der Waals surface area contributed by atoms with Crippen molar-refractivity contribution in [3.05, 3.63) is 45.4 Å². The molecule has 5 nitrogen and oxygen atoms in total. The highest BCUT2D eigenvalue weighted by atomic mass is 32.2. The van der Waals surface area contributed by atoms with E-state index < -0.39 is 10.0 Å². The molecule has 0 saturated carbocycles. The van der Waals surface area contributed by atoms with Crippen LogP contribution in [0, 0.1) is 13.8 Å².